The molecule has 1 saturated carbocycles. The zero-order valence-electron chi connectivity index (χ0n) is 10.1. The van der Waals surface area contributed by atoms with Gasteiger partial charge in [-0.15, -0.1) is 0 Å². The van der Waals surface area contributed by atoms with Crippen molar-refractivity contribution in [3.63, 3.8) is 0 Å². The van der Waals surface area contributed by atoms with E-state index in [0.29, 0.717) is 6.54 Å². The molecule has 0 unspecified atom stereocenters. The molecule has 100 valence electrons. The molecule has 0 radical (unpaired) electrons. The lowest BCUT2D eigenvalue weighted by Gasteiger charge is -2.25. The van der Waals surface area contributed by atoms with Crippen LogP contribution in [0.3, 0.4) is 0 Å². The fourth-order valence-corrected chi connectivity index (χ4v) is 2.42. The van der Waals surface area contributed by atoms with Gasteiger partial charge in [0.1, 0.15) is 0 Å². The van der Waals surface area contributed by atoms with Crippen LogP contribution < -0.4 is 15.8 Å². The summed E-state index contributed by atoms with van der Waals surface area (Å²) in [4.78, 5) is 11.7. The molecular weight excluding hydrogens is 242 g/mol. The van der Waals surface area contributed by atoms with Gasteiger partial charge in [-0.1, -0.05) is 0 Å². The number of sulfonamides is 1. The molecule has 0 aliphatic heterocycles. The first-order valence-corrected chi connectivity index (χ1v) is 7.75. The molecule has 1 fully saturated rings. The minimum atomic E-state index is -3.17. The van der Waals surface area contributed by atoms with Gasteiger partial charge in [-0.25, -0.2) is 13.1 Å². The number of carbonyl (C=O) groups excluding carboxylic acids is 1. The molecule has 0 saturated heterocycles. The minimum absolute atomic E-state index is 0.00667. The minimum Gasteiger partial charge on any atom is -0.355 e. The Kier molecular flexibility index (Phi) is 5.35. The highest BCUT2D eigenvalue weighted by Crippen LogP contribution is 2.22. The molecule has 17 heavy (non-hydrogen) atoms. The fourth-order valence-electron chi connectivity index (χ4n) is 1.95. The van der Waals surface area contributed by atoms with Crippen LogP contribution in [0.2, 0.25) is 0 Å². The van der Waals surface area contributed by atoms with Gasteiger partial charge in [0, 0.05) is 25.0 Å². The van der Waals surface area contributed by atoms with Crippen molar-refractivity contribution in [3.05, 3.63) is 0 Å². The Hall–Kier alpha value is -0.660. The fraction of sp³-hybridized carbons (Fsp3) is 0.900. The smallest absolute Gasteiger partial charge is 0.223 e. The van der Waals surface area contributed by atoms with Gasteiger partial charge >= 0.3 is 0 Å². The van der Waals surface area contributed by atoms with Crippen molar-refractivity contribution in [2.45, 2.75) is 31.7 Å². The summed E-state index contributed by atoms with van der Waals surface area (Å²) < 4.78 is 23.9. The lowest BCUT2D eigenvalue weighted by molar-refractivity contribution is -0.125. The van der Waals surface area contributed by atoms with Crippen LogP contribution in [0.25, 0.3) is 0 Å². The summed E-state index contributed by atoms with van der Waals surface area (Å²) in [5.41, 5.74) is 5.76. The molecule has 0 aromatic carbocycles. The maximum atomic E-state index is 11.7. The second-order valence-electron chi connectivity index (χ2n) is 4.57. The zero-order valence-corrected chi connectivity index (χ0v) is 10.9. The Morgan fingerprint density at radius 1 is 1.24 bits per heavy atom. The summed E-state index contributed by atoms with van der Waals surface area (Å²) in [7, 11) is -3.17. The summed E-state index contributed by atoms with van der Waals surface area (Å²) in [5, 5.41) is 2.73. The molecule has 4 N–H and O–H groups in total. The lowest BCUT2D eigenvalue weighted by Crippen LogP contribution is -2.39. The molecule has 6 nitrogen and oxygen atoms in total. The van der Waals surface area contributed by atoms with E-state index in [1.807, 2.05) is 0 Å². The van der Waals surface area contributed by atoms with Crippen LogP contribution in [-0.2, 0) is 14.8 Å². The molecule has 0 aromatic rings. The maximum absolute atomic E-state index is 11.7. The number of nitrogens with one attached hydrogen (secondary N) is 2. The van der Waals surface area contributed by atoms with Crippen LogP contribution in [-0.4, -0.2) is 39.7 Å². The molecule has 0 spiro atoms. The van der Waals surface area contributed by atoms with Crippen LogP contribution in [0.4, 0.5) is 0 Å². The summed E-state index contributed by atoms with van der Waals surface area (Å²) >= 11 is 0. The topological polar surface area (TPSA) is 101 Å². The number of nitrogens with two attached hydrogens (primary N) is 1. The van der Waals surface area contributed by atoms with Gasteiger partial charge in [0.2, 0.25) is 15.9 Å². The van der Waals surface area contributed by atoms with Crippen LogP contribution >= 0.6 is 0 Å². The van der Waals surface area contributed by atoms with Crippen LogP contribution in [0.15, 0.2) is 0 Å². The van der Waals surface area contributed by atoms with Crippen LogP contribution in [0, 0.1) is 5.92 Å². The Bertz CT molecular complexity index is 348. The molecule has 0 aromatic heterocycles. The van der Waals surface area contributed by atoms with E-state index in [4.69, 9.17) is 5.73 Å². The third-order valence-corrected chi connectivity index (χ3v) is 3.66. The Balaban J connectivity index is 2.17. The molecule has 7 heteroatoms. The SMILES string of the molecule is CS(=O)(=O)NCCNC(=O)C1CCC(N)CC1. The van der Waals surface area contributed by atoms with Gasteiger partial charge in [0.25, 0.3) is 0 Å². The quantitative estimate of drug-likeness (QED) is 0.563. The van der Waals surface area contributed by atoms with Crippen LogP contribution in [0.1, 0.15) is 25.7 Å². The first kappa shape index (κ1) is 14.4. The highest BCUT2D eigenvalue weighted by atomic mass is 32.2. The molecule has 0 bridgehead atoms. The van der Waals surface area contributed by atoms with E-state index in [1.54, 1.807) is 0 Å². The first-order valence-electron chi connectivity index (χ1n) is 5.86. The standard InChI is InChI=1S/C10H21N3O3S/c1-17(15,16)13-7-6-12-10(14)8-2-4-9(11)5-3-8/h8-9,13H,2-7,11H2,1H3,(H,12,14). The Morgan fingerprint density at radius 3 is 2.35 bits per heavy atom. The van der Waals surface area contributed by atoms with Crippen LogP contribution in [0.5, 0.6) is 0 Å². The van der Waals surface area contributed by atoms with Crippen molar-refractivity contribution < 1.29 is 13.2 Å². The monoisotopic (exact) mass is 263 g/mol. The van der Waals surface area contributed by atoms with Gasteiger partial charge in [-0.2, -0.15) is 0 Å². The summed E-state index contributed by atoms with van der Waals surface area (Å²) in [6.07, 6.45) is 4.52. The van der Waals surface area contributed by atoms with E-state index >= 15 is 0 Å². The predicted molar refractivity (Wildman–Crippen MR) is 65.8 cm³/mol. The molecule has 1 rings (SSSR count). The van der Waals surface area contributed by atoms with E-state index in [1.165, 1.54) is 0 Å². The molecule has 0 heterocycles. The van der Waals surface area contributed by atoms with E-state index in [9.17, 15) is 13.2 Å². The molecule has 0 atom stereocenters. The summed E-state index contributed by atoms with van der Waals surface area (Å²) in [6.45, 7) is 0.561. The third kappa shape index (κ3) is 5.99. The number of carbonyl (C=O) groups is 1. The molecule has 1 amide bonds. The Labute approximate surface area is 102 Å². The number of amides is 1. The lowest BCUT2D eigenvalue weighted by atomic mass is 9.86. The van der Waals surface area contributed by atoms with Gasteiger partial charge in [-0.3, -0.25) is 4.79 Å². The zero-order chi connectivity index (χ0) is 12.9. The van der Waals surface area contributed by atoms with Crippen molar-refractivity contribution in [1.82, 2.24) is 10.0 Å². The van der Waals surface area contributed by atoms with Gasteiger partial charge in [0.05, 0.1) is 6.26 Å². The third-order valence-electron chi connectivity index (χ3n) is 2.93. The van der Waals surface area contributed by atoms with Crippen molar-refractivity contribution in [2.24, 2.45) is 11.7 Å². The highest BCUT2D eigenvalue weighted by molar-refractivity contribution is 7.88. The van der Waals surface area contributed by atoms with E-state index in [0.717, 1.165) is 31.9 Å². The van der Waals surface area contributed by atoms with Gasteiger partial charge in [0.15, 0.2) is 0 Å². The number of rotatable bonds is 5. The average molecular weight is 263 g/mol. The van der Waals surface area contributed by atoms with E-state index in [-0.39, 0.29) is 24.4 Å². The average Bonchev–Trinajstić information content (AvgIpc) is 2.24. The normalized spacial score (nSPS) is 25.5. The molecule has 1 aliphatic carbocycles. The molecule has 1 aliphatic rings. The predicted octanol–water partition coefficient (Wildman–Crippen LogP) is -0.831. The number of hydrogen-bond acceptors (Lipinski definition) is 4. The first-order chi connectivity index (χ1) is 7.88. The molecular formula is C10H21N3O3S. The van der Waals surface area contributed by atoms with Crippen molar-refractivity contribution in [3.8, 4) is 0 Å². The highest BCUT2D eigenvalue weighted by Gasteiger charge is 2.23. The number of hydrogen-bond donors (Lipinski definition) is 3. The van der Waals surface area contributed by atoms with Crippen molar-refractivity contribution >= 4 is 15.9 Å². The van der Waals surface area contributed by atoms with Crippen molar-refractivity contribution in [1.29, 1.82) is 0 Å². The van der Waals surface area contributed by atoms with E-state index < -0.39 is 10.0 Å². The van der Waals surface area contributed by atoms with Gasteiger partial charge in [-0.05, 0) is 25.7 Å². The summed E-state index contributed by atoms with van der Waals surface area (Å²) in [6, 6.07) is 0.228. The maximum Gasteiger partial charge on any atom is 0.223 e. The Morgan fingerprint density at radius 2 is 1.82 bits per heavy atom. The van der Waals surface area contributed by atoms with Gasteiger partial charge < -0.3 is 11.1 Å². The second-order valence-corrected chi connectivity index (χ2v) is 6.40. The summed E-state index contributed by atoms with van der Waals surface area (Å²) in [5.74, 6) is 0.0419. The van der Waals surface area contributed by atoms with E-state index in [2.05, 4.69) is 10.0 Å². The second kappa shape index (κ2) is 6.32. The largest absolute Gasteiger partial charge is 0.355 e. The van der Waals surface area contributed by atoms with Crippen molar-refractivity contribution in [2.75, 3.05) is 19.3 Å².